The molecule has 5 heteroatoms. The van der Waals surface area contributed by atoms with Crippen LogP contribution >= 0.6 is 0 Å². The first kappa shape index (κ1) is 26.3. The van der Waals surface area contributed by atoms with Gasteiger partial charge in [0.05, 0.1) is 18.3 Å². The van der Waals surface area contributed by atoms with Crippen LogP contribution in [0.3, 0.4) is 0 Å². The highest BCUT2D eigenvalue weighted by atomic mass is 16.3. The number of aliphatic hydroxyl groups is 4. The van der Waals surface area contributed by atoms with Crippen LogP contribution in [0, 0.1) is 51.8 Å². The molecule has 0 amide bonds. The molecule has 0 radical (unpaired) electrons. The molecule has 0 aromatic heterocycles. The molecule has 0 bridgehead atoms. The van der Waals surface area contributed by atoms with E-state index in [1.54, 1.807) is 0 Å². The van der Waals surface area contributed by atoms with Gasteiger partial charge in [0.1, 0.15) is 11.9 Å². The highest BCUT2D eigenvalue weighted by molar-refractivity contribution is 5.83. The highest BCUT2D eigenvalue weighted by Gasteiger charge is 2.63. The van der Waals surface area contributed by atoms with Gasteiger partial charge < -0.3 is 20.4 Å². The third kappa shape index (κ3) is 3.93. The largest absolute Gasteiger partial charge is 0.390 e. The standard InChI is InChI=1S/C29H48O5/c1-15(25(33)26(34)16(2)27(3,4)5)18-8-9-19-17-12-22(30)21-13-23(31)24(32)14-29(21,7)20(17)10-11-28(18,19)6/h15,17-21,23-26,31-34H,2,8-14H2,1,3-7H3/t15-,17-,18+,19-,20-,21+,23+,24-,25+,26+,28+,29+/m0/s1. The topological polar surface area (TPSA) is 98.0 Å². The zero-order valence-corrected chi connectivity index (χ0v) is 22.1. The molecular formula is C29H48O5. The first-order valence-electron chi connectivity index (χ1n) is 13.6. The molecule has 0 aromatic rings. The fraction of sp³-hybridized carbons (Fsp3) is 0.897. The number of aliphatic hydroxyl groups excluding tert-OH is 4. The smallest absolute Gasteiger partial charge is 0.136 e. The molecule has 4 saturated carbocycles. The molecular weight excluding hydrogens is 428 g/mol. The Morgan fingerprint density at radius 2 is 1.65 bits per heavy atom. The lowest BCUT2D eigenvalue weighted by molar-refractivity contribution is -0.174. The molecule has 34 heavy (non-hydrogen) atoms. The number of ketones is 1. The van der Waals surface area contributed by atoms with E-state index in [1.807, 2.05) is 20.8 Å². The van der Waals surface area contributed by atoms with Crippen molar-refractivity contribution < 1.29 is 25.2 Å². The van der Waals surface area contributed by atoms with Gasteiger partial charge in [0.2, 0.25) is 0 Å². The minimum absolute atomic E-state index is 0.0284. The second kappa shape index (κ2) is 8.68. The summed E-state index contributed by atoms with van der Waals surface area (Å²) in [6.45, 7) is 16.8. The lowest BCUT2D eigenvalue weighted by Crippen LogP contribution is -2.59. The lowest BCUT2D eigenvalue weighted by Gasteiger charge is -2.61. The van der Waals surface area contributed by atoms with E-state index in [0.29, 0.717) is 42.6 Å². The average molecular weight is 477 g/mol. The summed E-state index contributed by atoms with van der Waals surface area (Å²) < 4.78 is 0. The molecule has 0 aromatic carbocycles. The van der Waals surface area contributed by atoms with Crippen molar-refractivity contribution in [3.8, 4) is 0 Å². The van der Waals surface area contributed by atoms with Crippen LogP contribution in [-0.2, 0) is 4.79 Å². The third-order valence-corrected chi connectivity index (χ3v) is 11.4. The van der Waals surface area contributed by atoms with Crippen LogP contribution in [0.5, 0.6) is 0 Å². The Balaban J connectivity index is 1.56. The van der Waals surface area contributed by atoms with Gasteiger partial charge in [0.15, 0.2) is 0 Å². The maximum atomic E-state index is 13.3. The van der Waals surface area contributed by atoms with Crippen molar-refractivity contribution in [1.29, 1.82) is 0 Å². The van der Waals surface area contributed by atoms with Crippen molar-refractivity contribution in [1.82, 2.24) is 0 Å². The van der Waals surface area contributed by atoms with Gasteiger partial charge in [-0.1, -0.05) is 48.1 Å². The van der Waals surface area contributed by atoms with Gasteiger partial charge in [-0.3, -0.25) is 4.79 Å². The van der Waals surface area contributed by atoms with Crippen molar-refractivity contribution in [2.75, 3.05) is 0 Å². The number of carbonyl (C=O) groups excluding carboxylic acids is 1. The highest BCUT2D eigenvalue weighted by Crippen LogP contribution is 2.67. The van der Waals surface area contributed by atoms with Gasteiger partial charge in [-0.25, -0.2) is 0 Å². The number of carbonyl (C=O) groups is 1. The Morgan fingerprint density at radius 1 is 1.03 bits per heavy atom. The summed E-state index contributed by atoms with van der Waals surface area (Å²) in [6.07, 6.45) is 2.28. The summed E-state index contributed by atoms with van der Waals surface area (Å²) in [5.41, 5.74) is 0.183. The molecule has 4 aliphatic rings. The monoisotopic (exact) mass is 476 g/mol. The molecule has 4 fully saturated rings. The van der Waals surface area contributed by atoms with Crippen LogP contribution in [0.2, 0.25) is 0 Å². The molecule has 0 saturated heterocycles. The minimum Gasteiger partial charge on any atom is -0.390 e. The predicted octanol–water partition coefficient (Wildman–Crippen LogP) is 4.12. The fourth-order valence-corrected chi connectivity index (χ4v) is 9.15. The van der Waals surface area contributed by atoms with Crippen molar-refractivity contribution >= 4 is 5.78 Å². The van der Waals surface area contributed by atoms with Gasteiger partial charge >= 0.3 is 0 Å². The van der Waals surface area contributed by atoms with Crippen molar-refractivity contribution in [3.63, 3.8) is 0 Å². The van der Waals surface area contributed by atoms with Crippen LogP contribution in [0.4, 0.5) is 0 Å². The number of rotatable bonds is 4. The van der Waals surface area contributed by atoms with Gasteiger partial charge in [-0.05, 0) is 89.9 Å². The number of fused-ring (bicyclic) bond motifs is 5. The second-order valence-corrected chi connectivity index (χ2v) is 14.0. The Labute approximate surface area is 206 Å². The Kier molecular flexibility index (Phi) is 6.72. The zero-order valence-electron chi connectivity index (χ0n) is 22.1. The lowest BCUT2D eigenvalue weighted by atomic mass is 9.44. The number of hydrogen-bond acceptors (Lipinski definition) is 5. The molecule has 5 nitrogen and oxygen atoms in total. The van der Waals surface area contributed by atoms with Crippen molar-refractivity contribution in [3.05, 3.63) is 12.2 Å². The third-order valence-electron chi connectivity index (χ3n) is 11.4. The van der Waals surface area contributed by atoms with Crippen LogP contribution < -0.4 is 0 Å². The van der Waals surface area contributed by atoms with E-state index in [9.17, 15) is 25.2 Å². The van der Waals surface area contributed by atoms with Gasteiger partial charge in [0, 0.05) is 12.3 Å². The predicted molar refractivity (Wildman–Crippen MR) is 133 cm³/mol. The maximum Gasteiger partial charge on any atom is 0.136 e. The van der Waals surface area contributed by atoms with E-state index >= 15 is 0 Å². The maximum absolute atomic E-state index is 13.3. The van der Waals surface area contributed by atoms with Crippen LogP contribution in [-0.4, -0.2) is 50.6 Å². The molecule has 0 aliphatic heterocycles. The first-order valence-corrected chi connectivity index (χ1v) is 13.6. The second-order valence-electron chi connectivity index (χ2n) is 14.0. The van der Waals surface area contributed by atoms with Crippen molar-refractivity contribution in [2.24, 2.45) is 51.8 Å². The molecule has 0 spiro atoms. The molecule has 4 aliphatic carbocycles. The molecule has 4 N–H and O–H groups in total. The first-order chi connectivity index (χ1) is 15.6. The molecule has 194 valence electrons. The summed E-state index contributed by atoms with van der Waals surface area (Å²) in [5, 5.41) is 42.9. The normalized spacial score (nSPS) is 47.2. The molecule has 4 rings (SSSR count). The number of Topliss-reactive ketones (excluding diaryl/α,β-unsaturated/α-hetero) is 1. The van der Waals surface area contributed by atoms with E-state index < -0.39 is 24.4 Å². The summed E-state index contributed by atoms with van der Waals surface area (Å²) in [4.78, 5) is 13.3. The molecule has 0 unspecified atom stereocenters. The SMILES string of the molecule is C=C([C@@H](O)[C@H](O)[C@@H](C)[C@H]1CC[C@H]2[C@@H]3CC(=O)[C@H]4C[C@@H](O)[C@@H](O)C[C@]4(C)[C@H]3CC[C@]12C)C(C)(C)C. The van der Waals surface area contributed by atoms with Crippen molar-refractivity contribution in [2.45, 2.75) is 111 Å². The average Bonchev–Trinajstić information content (AvgIpc) is 3.10. The van der Waals surface area contributed by atoms with Gasteiger partial charge in [-0.15, -0.1) is 0 Å². The van der Waals surface area contributed by atoms with E-state index in [2.05, 4.69) is 27.4 Å². The van der Waals surface area contributed by atoms with Gasteiger partial charge in [0.25, 0.3) is 0 Å². The summed E-state index contributed by atoms with van der Waals surface area (Å²) in [6, 6.07) is 0. The Hall–Kier alpha value is -0.750. The number of hydrogen-bond donors (Lipinski definition) is 4. The van der Waals surface area contributed by atoms with Crippen LogP contribution in [0.15, 0.2) is 12.2 Å². The zero-order chi connectivity index (χ0) is 25.4. The van der Waals surface area contributed by atoms with Gasteiger partial charge in [-0.2, -0.15) is 0 Å². The molecule has 12 atom stereocenters. The summed E-state index contributed by atoms with van der Waals surface area (Å²) in [7, 11) is 0. The van der Waals surface area contributed by atoms with E-state index in [4.69, 9.17) is 0 Å². The fourth-order valence-electron chi connectivity index (χ4n) is 9.15. The Morgan fingerprint density at radius 3 is 2.26 bits per heavy atom. The summed E-state index contributed by atoms with van der Waals surface area (Å²) in [5.74, 6) is 1.46. The Bertz CT molecular complexity index is 816. The quantitative estimate of drug-likeness (QED) is 0.458. The van der Waals surface area contributed by atoms with Crippen LogP contribution in [0.1, 0.15) is 86.5 Å². The molecule has 0 heterocycles. The minimum atomic E-state index is -0.944. The van der Waals surface area contributed by atoms with E-state index in [0.717, 1.165) is 25.7 Å². The van der Waals surface area contributed by atoms with Crippen LogP contribution in [0.25, 0.3) is 0 Å². The summed E-state index contributed by atoms with van der Waals surface area (Å²) >= 11 is 0. The van der Waals surface area contributed by atoms with E-state index in [-0.39, 0.29) is 39.8 Å². The van der Waals surface area contributed by atoms with E-state index in [1.165, 1.54) is 0 Å².